The molecule has 1 atom stereocenters. The number of nitrogens with one attached hydrogen (secondary N) is 1. The van der Waals surface area contributed by atoms with E-state index in [0.717, 1.165) is 18.4 Å². The van der Waals surface area contributed by atoms with E-state index in [1.165, 1.54) is 28.6 Å². The summed E-state index contributed by atoms with van der Waals surface area (Å²) in [6, 6.07) is 10.1. The number of hydrogen-bond acceptors (Lipinski definition) is 6. The molecule has 10 heteroatoms. The van der Waals surface area contributed by atoms with Gasteiger partial charge in [0, 0.05) is 19.1 Å². The van der Waals surface area contributed by atoms with E-state index in [0.29, 0.717) is 37.8 Å². The van der Waals surface area contributed by atoms with Crippen LogP contribution in [0.3, 0.4) is 0 Å². The van der Waals surface area contributed by atoms with Gasteiger partial charge in [0.2, 0.25) is 20.0 Å². The van der Waals surface area contributed by atoms with Gasteiger partial charge in [0.05, 0.1) is 9.79 Å². The molecule has 0 aliphatic carbocycles. The predicted molar refractivity (Wildman–Crippen MR) is 111 cm³/mol. The molecular formula is C20H24N2O6S2. The van der Waals surface area contributed by atoms with Crippen molar-refractivity contribution in [3.8, 4) is 11.5 Å². The molecule has 0 bridgehead atoms. The Morgan fingerprint density at radius 1 is 0.867 bits per heavy atom. The van der Waals surface area contributed by atoms with Crippen molar-refractivity contribution in [2.24, 2.45) is 0 Å². The normalized spacial score (nSPS) is 18.3. The second-order valence-electron chi connectivity index (χ2n) is 7.33. The SMILES string of the molecule is C[C@H](NS(=O)(=O)c1ccc(S(=O)(=O)N2CCCC2)cc1)c1ccc2c(c1)OCCO2. The van der Waals surface area contributed by atoms with Crippen molar-refractivity contribution in [1.29, 1.82) is 0 Å². The number of nitrogens with zero attached hydrogens (tertiary/aromatic N) is 1. The number of hydrogen-bond donors (Lipinski definition) is 1. The molecule has 1 N–H and O–H groups in total. The lowest BCUT2D eigenvalue weighted by atomic mass is 10.1. The van der Waals surface area contributed by atoms with Crippen molar-refractivity contribution in [2.45, 2.75) is 35.6 Å². The van der Waals surface area contributed by atoms with E-state index in [1.807, 2.05) is 0 Å². The van der Waals surface area contributed by atoms with E-state index >= 15 is 0 Å². The molecule has 0 unspecified atom stereocenters. The van der Waals surface area contributed by atoms with Crippen LogP contribution >= 0.6 is 0 Å². The lowest BCUT2D eigenvalue weighted by Crippen LogP contribution is -2.28. The monoisotopic (exact) mass is 452 g/mol. The zero-order valence-corrected chi connectivity index (χ0v) is 18.2. The summed E-state index contributed by atoms with van der Waals surface area (Å²) in [5, 5.41) is 0. The van der Waals surface area contributed by atoms with Gasteiger partial charge in [-0.3, -0.25) is 0 Å². The number of sulfonamides is 2. The second-order valence-corrected chi connectivity index (χ2v) is 11.0. The van der Waals surface area contributed by atoms with E-state index < -0.39 is 26.1 Å². The summed E-state index contributed by atoms with van der Waals surface area (Å²) in [4.78, 5) is 0.107. The van der Waals surface area contributed by atoms with E-state index in [4.69, 9.17) is 9.47 Å². The van der Waals surface area contributed by atoms with Crippen molar-refractivity contribution < 1.29 is 26.3 Å². The van der Waals surface area contributed by atoms with E-state index in [9.17, 15) is 16.8 Å². The fourth-order valence-electron chi connectivity index (χ4n) is 3.57. The van der Waals surface area contributed by atoms with Gasteiger partial charge in [0.1, 0.15) is 13.2 Å². The van der Waals surface area contributed by atoms with Crippen molar-refractivity contribution >= 4 is 20.0 Å². The fraction of sp³-hybridized carbons (Fsp3) is 0.400. The number of benzene rings is 2. The summed E-state index contributed by atoms with van der Waals surface area (Å²) in [7, 11) is -7.42. The Morgan fingerprint density at radius 2 is 1.47 bits per heavy atom. The molecule has 1 saturated heterocycles. The van der Waals surface area contributed by atoms with Crippen LogP contribution in [-0.2, 0) is 20.0 Å². The molecule has 2 aromatic carbocycles. The summed E-state index contributed by atoms with van der Waals surface area (Å²) in [6.07, 6.45) is 1.68. The highest BCUT2D eigenvalue weighted by molar-refractivity contribution is 7.89. The first-order chi connectivity index (χ1) is 14.3. The zero-order chi connectivity index (χ0) is 21.4. The van der Waals surface area contributed by atoms with Gasteiger partial charge in [0.15, 0.2) is 11.5 Å². The molecule has 2 aromatic rings. The van der Waals surface area contributed by atoms with Crippen LogP contribution in [0, 0.1) is 0 Å². The van der Waals surface area contributed by atoms with Crippen LogP contribution in [0.5, 0.6) is 11.5 Å². The fourth-order valence-corrected chi connectivity index (χ4v) is 6.32. The first-order valence-corrected chi connectivity index (χ1v) is 12.7. The number of ether oxygens (including phenoxy) is 2. The predicted octanol–water partition coefficient (Wildman–Crippen LogP) is 2.28. The molecule has 8 nitrogen and oxygen atoms in total. The van der Waals surface area contributed by atoms with Gasteiger partial charge in [-0.05, 0) is 61.7 Å². The van der Waals surface area contributed by atoms with Gasteiger partial charge in [-0.2, -0.15) is 4.31 Å². The van der Waals surface area contributed by atoms with Gasteiger partial charge < -0.3 is 9.47 Å². The molecule has 4 rings (SSSR count). The maximum absolute atomic E-state index is 12.8. The first kappa shape index (κ1) is 21.1. The zero-order valence-electron chi connectivity index (χ0n) is 16.6. The highest BCUT2D eigenvalue weighted by Crippen LogP contribution is 2.33. The van der Waals surface area contributed by atoms with Crippen LogP contribution in [0.25, 0.3) is 0 Å². The third-order valence-electron chi connectivity index (χ3n) is 5.23. The second kappa shape index (κ2) is 8.18. The molecule has 0 spiro atoms. The molecule has 30 heavy (non-hydrogen) atoms. The lowest BCUT2D eigenvalue weighted by molar-refractivity contribution is 0.171. The quantitative estimate of drug-likeness (QED) is 0.722. The Labute approximate surface area is 176 Å². The van der Waals surface area contributed by atoms with Gasteiger partial charge in [0.25, 0.3) is 0 Å². The average molecular weight is 453 g/mol. The Balaban J connectivity index is 1.50. The topological polar surface area (TPSA) is 102 Å². The maximum atomic E-state index is 12.8. The summed E-state index contributed by atoms with van der Waals surface area (Å²) in [5.74, 6) is 1.22. The van der Waals surface area contributed by atoms with Crippen molar-refractivity contribution in [1.82, 2.24) is 9.03 Å². The van der Waals surface area contributed by atoms with E-state index in [2.05, 4.69) is 4.72 Å². The van der Waals surface area contributed by atoms with Gasteiger partial charge >= 0.3 is 0 Å². The van der Waals surface area contributed by atoms with Crippen LogP contribution in [0.2, 0.25) is 0 Å². The van der Waals surface area contributed by atoms with Crippen molar-refractivity contribution in [3.05, 3.63) is 48.0 Å². The van der Waals surface area contributed by atoms with E-state index in [1.54, 1.807) is 25.1 Å². The van der Waals surface area contributed by atoms with Crippen LogP contribution in [0.4, 0.5) is 0 Å². The molecule has 2 aliphatic heterocycles. The smallest absolute Gasteiger partial charge is 0.243 e. The molecule has 162 valence electrons. The molecule has 1 fully saturated rings. The Morgan fingerprint density at radius 3 is 2.13 bits per heavy atom. The van der Waals surface area contributed by atoms with Crippen molar-refractivity contribution in [2.75, 3.05) is 26.3 Å². The van der Waals surface area contributed by atoms with Gasteiger partial charge in [-0.1, -0.05) is 6.07 Å². The summed E-state index contributed by atoms with van der Waals surface area (Å²) in [6.45, 7) is 3.66. The molecular weight excluding hydrogens is 428 g/mol. The van der Waals surface area contributed by atoms with Crippen LogP contribution in [0.1, 0.15) is 31.4 Å². The van der Waals surface area contributed by atoms with E-state index in [-0.39, 0.29) is 9.79 Å². The van der Waals surface area contributed by atoms with Gasteiger partial charge in [-0.15, -0.1) is 0 Å². The maximum Gasteiger partial charge on any atom is 0.243 e. The number of rotatable bonds is 6. The highest BCUT2D eigenvalue weighted by atomic mass is 32.2. The molecule has 0 aromatic heterocycles. The van der Waals surface area contributed by atoms with Crippen LogP contribution < -0.4 is 14.2 Å². The van der Waals surface area contributed by atoms with Crippen LogP contribution in [-0.4, -0.2) is 47.4 Å². The highest BCUT2D eigenvalue weighted by Gasteiger charge is 2.28. The largest absolute Gasteiger partial charge is 0.486 e. The average Bonchev–Trinajstić information content (AvgIpc) is 3.29. The first-order valence-electron chi connectivity index (χ1n) is 9.79. The molecule has 0 radical (unpaired) electrons. The summed E-state index contributed by atoms with van der Waals surface area (Å²) < 4.78 is 65.9. The van der Waals surface area contributed by atoms with Crippen molar-refractivity contribution in [3.63, 3.8) is 0 Å². The molecule has 2 heterocycles. The van der Waals surface area contributed by atoms with Gasteiger partial charge in [-0.25, -0.2) is 21.6 Å². The minimum absolute atomic E-state index is 0.00673. The Kier molecular flexibility index (Phi) is 5.75. The minimum atomic E-state index is -3.84. The van der Waals surface area contributed by atoms with Crippen LogP contribution in [0.15, 0.2) is 52.3 Å². The third-order valence-corrected chi connectivity index (χ3v) is 8.70. The molecule has 0 saturated carbocycles. The third kappa shape index (κ3) is 4.18. The summed E-state index contributed by atoms with van der Waals surface area (Å²) >= 11 is 0. The Hall–Kier alpha value is -2.14. The lowest BCUT2D eigenvalue weighted by Gasteiger charge is -2.21. The standard InChI is InChI=1S/C20H24N2O6S2/c1-15(16-4-9-19-20(14-16)28-13-12-27-19)21-29(23,24)17-5-7-18(8-6-17)30(25,26)22-10-2-3-11-22/h4-9,14-15,21H,2-3,10-13H2,1H3/t15-/m0/s1. The minimum Gasteiger partial charge on any atom is -0.486 e. The summed E-state index contributed by atoms with van der Waals surface area (Å²) in [5.41, 5.74) is 0.732. The Bertz CT molecular complexity index is 1120. The molecule has 2 aliphatic rings. The number of fused-ring (bicyclic) bond motifs is 1. The molecule has 0 amide bonds.